The van der Waals surface area contributed by atoms with E-state index < -0.39 is 19.3 Å². The Morgan fingerprint density at radius 1 is 0.950 bits per heavy atom. The second-order valence-corrected chi connectivity index (χ2v) is 6.79. The third-order valence-corrected chi connectivity index (χ3v) is 5.58. The number of aliphatic hydroxyl groups is 1. The lowest BCUT2D eigenvalue weighted by atomic mass is 10.4. The summed E-state index contributed by atoms with van der Waals surface area (Å²) in [7, 11) is -3.43. The highest BCUT2D eigenvalue weighted by Crippen LogP contribution is 2.46. The molecule has 20 heavy (non-hydrogen) atoms. The van der Waals surface area contributed by atoms with Gasteiger partial charge in [0.05, 0.1) is 0 Å². The van der Waals surface area contributed by atoms with Gasteiger partial charge in [-0.2, -0.15) is 0 Å². The van der Waals surface area contributed by atoms with Crippen molar-refractivity contribution >= 4 is 17.8 Å². The van der Waals surface area contributed by atoms with Crippen molar-refractivity contribution in [3.05, 3.63) is 72.2 Å². The molecular formula is C15H13F2O2P. The Kier molecular flexibility index (Phi) is 4.35. The van der Waals surface area contributed by atoms with Crippen molar-refractivity contribution in [2.45, 2.75) is 6.43 Å². The summed E-state index contributed by atoms with van der Waals surface area (Å²) in [4.78, 5) is 0. The number of alkyl halides is 2. The van der Waals surface area contributed by atoms with Crippen LogP contribution in [0.2, 0.25) is 0 Å². The Labute approximate surface area is 115 Å². The highest BCUT2D eigenvalue weighted by atomic mass is 31.2. The number of hydrogen-bond acceptors (Lipinski definition) is 2. The molecule has 0 amide bonds. The van der Waals surface area contributed by atoms with Crippen LogP contribution in [0.5, 0.6) is 0 Å². The van der Waals surface area contributed by atoms with Crippen molar-refractivity contribution in [1.82, 2.24) is 0 Å². The molecule has 5 heteroatoms. The summed E-state index contributed by atoms with van der Waals surface area (Å²) in [6, 6.07) is 16.6. The van der Waals surface area contributed by atoms with E-state index in [0.29, 0.717) is 10.6 Å². The van der Waals surface area contributed by atoms with Crippen LogP contribution < -0.4 is 10.6 Å². The van der Waals surface area contributed by atoms with Gasteiger partial charge in [-0.25, -0.2) is 8.78 Å². The first-order valence-electron chi connectivity index (χ1n) is 5.95. The van der Waals surface area contributed by atoms with E-state index in [4.69, 9.17) is 0 Å². The van der Waals surface area contributed by atoms with Gasteiger partial charge in [-0.15, -0.1) is 0 Å². The van der Waals surface area contributed by atoms with Crippen molar-refractivity contribution in [3.8, 4) is 0 Å². The number of aliphatic hydroxyl groups excluding tert-OH is 1. The SMILES string of the molecule is O=P(/C=C(\O)C(F)F)(c1ccccc1)c1ccccc1. The first kappa shape index (κ1) is 14.5. The quantitative estimate of drug-likeness (QED) is 0.690. The zero-order valence-corrected chi connectivity index (χ0v) is 11.4. The smallest absolute Gasteiger partial charge is 0.294 e. The lowest BCUT2D eigenvalue weighted by Gasteiger charge is -2.16. The molecule has 1 N–H and O–H groups in total. The second-order valence-electron chi connectivity index (χ2n) is 4.18. The van der Waals surface area contributed by atoms with Gasteiger partial charge in [-0.05, 0) is 0 Å². The zero-order chi connectivity index (χ0) is 14.6. The standard InChI is InChI=1S/C15H13F2O2P/c16-15(17)14(18)11-20(19,12-7-3-1-4-8-12)13-9-5-2-6-10-13/h1-11,15,18H/b14-11-. The van der Waals surface area contributed by atoms with Crippen LogP contribution in [-0.4, -0.2) is 11.5 Å². The van der Waals surface area contributed by atoms with E-state index in [1.54, 1.807) is 60.7 Å². The second kappa shape index (κ2) is 6.02. The van der Waals surface area contributed by atoms with Gasteiger partial charge >= 0.3 is 0 Å². The van der Waals surface area contributed by atoms with Crippen LogP contribution >= 0.6 is 7.14 Å². The Morgan fingerprint density at radius 3 is 1.70 bits per heavy atom. The van der Waals surface area contributed by atoms with Gasteiger partial charge in [-0.3, -0.25) is 0 Å². The number of rotatable bonds is 4. The predicted octanol–water partition coefficient (Wildman–Crippen LogP) is 3.67. The van der Waals surface area contributed by atoms with E-state index in [9.17, 15) is 18.5 Å². The van der Waals surface area contributed by atoms with Crippen LogP contribution in [0.1, 0.15) is 0 Å². The van der Waals surface area contributed by atoms with Gasteiger partial charge < -0.3 is 9.67 Å². The zero-order valence-electron chi connectivity index (χ0n) is 10.5. The maximum Gasteiger partial charge on any atom is 0.294 e. The average Bonchev–Trinajstić information content (AvgIpc) is 2.48. The van der Waals surface area contributed by atoms with Gasteiger partial charge in [0.2, 0.25) is 0 Å². The molecule has 2 aromatic rings. The monoisotopic (exact) mass is 294 g/mol. The summed E-state index contributed by atoms with van der Waals surface area (Å²) in [6.07, 6.45) is -3.05. The van der Waals surface area contributed by atoms with E-state index in [0.717, 1.165) is 5.82 Å². The molecule has 0 aromatic heterocycles. The van der Waals surface area contributed by atoms with Crippen LogP contribution in [-0.2, 0) is 4.57 Å². The van der Waals surface area contributed by atoms with E-state index in [1.807, 2.05) is 0 Å². The third kappa shape index (κ3) is 2.97. The minimum absolute atomic E-state index is 0.401. The molecule has 0 heterocycles. The summed E-state index contributed by atoms with van der Waals surface area (Å²) in [6.45, 7) is 0. The summed E-state index contributed by atoms with van der Waals surface area (Å²) in [5, 5.41) is 10.1. The maximum absolute atomic E-state index is 13.2. The molecule has 0 saturated heterocycles. The molecule has 0 atom stereocenters. The third-order valence-electron chi connectivity index (χ3n) is 2.82. The Hall–Kier alpha value is -1.93. The molecule has 0 fully saturated rings. The lowest BCUT2D eigenvalue weighted by Crippen LogP contribution is -2.15. The minimum Gasteiger partial charge on any atom is -0.506 e. The lowest BCUT2D eigenvalue weighted by molar-refractivity contribution is 0.130. The molecule has 0 aliphatic carbocycles. The van der Waals surface area contributed by atoms with E-state index >= 15 is 0 Å². The van der Waals surface area contributed by atoms with Crippen LogP contribution in [0.4, 0.5) is 8.78 Å². The fourth-order valence-corrected chi connectivity index (χ4v) is 4.15. The maximum atomic E-state index is 13.2. The number of halogens is 2. The molecule has 2 rings (SSSR count). The van der Waals surface area contributed by atoms with Crippen molar-refractivity contribution in [3.63, 3.8) is 0 Å². The van der Waals surface area contributed by atoms with Crippen molar-refractivity contribution in [2.75, 3.05) is 0 Å². The summed E-state index contributed by atoms with van der Waals surface area (Å²) in [5.41, 5.74) is 0. The van der Waals surface area contributed by atoms with Gasteiger partial charge in [0.15, 0.2) is 12.9 Å². The normalized spacial score (nSPS) is 12.7. The summed E-state index contributed by atoms with van der Waals surface area (Å²) < 4.78 is 38.3. The van der Waals surface area contributed by atoms with Crippen molar-refractivity contribution in [1.29, 1.82) is 0 Å². The fourth-order valence-electron chi connectivity index (χ4n) is 1.84. The molecule has 0 unspecified atom stereocenters. The number of allylic oxidation sites excluding steroid dienone is 1. The number of hydrogen-bond donors (Lipinski definition) is 1. The molecule has 0 aliphatic rings. The van der Waals surface area contributed by atoms with Gasteiger partial charge in [0.25, 0.3) is 6.43 Å². The van der Waals surface area contributed by atoms with Crippen LogP contribution in [0.3, 0.4) is 0 Å². The molecule has 0 spiro atoms. The Balaban J connectivity index is 2.62. The molecule has 0 aliphatic heterocycles. The molecular weight excluding hydrogens is 281 g/mol. The minimum atomic E-state index is -3.43. The van der Waals surface area contributed by atoms with Crippen LogP contribution in [0, 0.1) is 0 Å². The highest BCUT2D eigenvalue weighted by molar-refractivity contribution is 7.81. The fraction of sp³-hybridized carbons (Fsp3) is 0.0667. The van der Waals surface area contributed by atoms with Crippen LogP contribution in [0.15, 0.2) is 72.2 Å². The van der Waals surface area contributed by atoms with E-state index in [2.05, 4.69) is 0 Å². The van der Waals surface area contributed by atoms with E-state index in [-0.39, 0.29) is 0 Å². The average molecular weight is 294 g/mol. The predicted molar refractivity (Wildman–Crippen MR) is 76.5 cm³/mol. The number of benzene rings is 2. The molecule has 0 saturated carbocycles. The Morgan fingerprint density at radius 2 is 1.35 bits per heavy atom. The molecule has 2 nitrogen and oxygen atoms in total. The largest absolute Gasteiger partial charge is 0.506 e. The van der Waals surface area contributed by atoms with Crippen molar-refractivity contribution in [2.24, 2.45) is 0 Å². The molecule has 0 radical (unpaired) electrons. The van der Waals surface area contributed by atoms with Gasteiger partial charge in [0, 0.05) is 16.4 Å². The molecule has 2 aromatic carbocycles. The Bertz CT molecular complexity index is 596. The highest BCUT2D eigenvalue weighted by Gasteiger charge is 2.27. The first-order chi connectivity index (χ1) is 9.54. The molecule has 0 bridgehead atoms. The van der Waals surface area contributed by atoms with Crippen molar-refractivity contribution < 1.29 is 18.5 Å². The van der Waals surface area contributed by atoms with E-state index in [1.165, 1.54) is 0 Å². The summed E-state index contributed by atoms with van der Waals surface area (Å²) in [5.74, 6) is -0.386. The molecule has 104 valence electrons. The topological polar surface area (TPSA) is 37.3 Å². The van der Waals surface area contributed by atoms with Gasteiger partial charge in [-0.1, -0.05) is 60.7 Å². The van der Waals surface area contributed by atoms with Crippen LogP contribution in [0.25, 0.3) is 0 Å². The summed E-state index contributed by atoms with van der Waals surface area (Å²) >= 11 is 0. The first-order valence-corrected chi connectivity index (χ1v) is 7.72. The van der Waals surface area contributed by atoms with Gasteiger partial charge in [0.1, 0.15) is 0 Å².